The van der Waals surface area contributed by atoms with Gasteiger partial charge in [0.1, 0.15) is 11.4 Å². The summed E-state index contributed by atoms with van der Waals surface area (Å²) in [5, 5.41) is 1.04. The highest BCUT2D eigenvalue weighted by Crippen LogP contribution is 2.31. The van der Waals surface area contributed by atoms with Crippen molar-refractivity contribution in [3.05, 3.63) is 30.0 Å². The molecule has 0 radical (unpaired) electrons. The van der Waals surface area contributed by atoms with Crippen LogP contribution in [0.3, 0.4) is 0 Å². The summed E-state index contributed by atoms with van der Waals surface area (Å²) in [5.41, 5.74) is 1.59. The minimum atomic E-state index is 0.0827. The number of benzene rings is 1. The number of ether oxygens (including phenoxy) is 2. The molecule has 0 spiro atoms. The van der Waals surface area contributed by atoms with Crippen LogP contribution in [0, 0.1) is 0 Å². The van der Waals surface area contributed by atoms with E-state index < -0.39 is 0 Å². The minimum absolute atomic E-state index is 0.0827. The first-order valence-electron chi connectivity index (χ1n) is 8.44. The Hall–Kier alpha value is -2.01. The third-order valence-corrected chi connectivity index (χ3v) is 4.88. The number of aromatic amines is 1. The summed E-state index contributed by atoms with van der Waals surface area (Å²) in [4.78, 5) is 18.2. The molecule has 2 atom stereocenters. The Kier molecular flexibility index (Phi) is 3.73. The molecular formula is C18H22N2O3. The lowest BCUT2D eigenvalue weighted by Crippen LogP contribution is -2.51. The quantitative estimate of drug-likeness (QED) is 0.947. The van der Waals surface area contributed by atoms with Gasteiger partial charge in [0, 0.05) is 23.5 Å². The summed E-state index contributed by atoms with van der Waals surface area (Å²) in [6.07, 6.45) is 3.48. The summed E-state index contributed by atoms with van der Waals surface area (Å²) in [7, 11) is 0. The Morgan fingerprint density at radius 2 is 2.30 bits per heavy atom. The maximum Gasteiger partial charge on any atom is 0.270 e. The van der Waals surface area contributed by atoms with Gasteiger partial charge in [-0.2, -0.15) is 0 Å². The number of amides is 1. The number of rotatable bonds is 3. The molecule has 23 heavy (non-hydrogen) atoms. The molecule has 1 saturated carbocycles. The first-order chi connectivity index (χ1) is 11.3. The van der Waals surface area contributed by atoms with Crippen LogP contribution in [0.5, 0.6) is 5.75 Å². The number of nitrogens with zero attached hydrogens (tertiary/aromatic N) is 1. The molecule has 5 nitrogen and oxygen atoms in total. The number of hydrogen-bond acceptors (Lipinski definition) is 3. The second-order valence-electron chi connectivity index (χ2n) is 6.27. The maximum absolute atomic E-state index is 12.9. The van der Waals surface area contributed by atoms with Gasteiger partial charge in [-0.15, -0.1) is 0 Å². The third-order valence-electron chi connectivity index (χ3n) is 4.88. The number of morpholine rings is 1. The van der Waals surface area contributed by atoms with Crippen LogP contribution in [-0.4, -0.2) is 47.7 Å². The molecule has 1 aliphatic heterocycles. The number of carbonyl (C=O) groups is 1. The molecule has 1 aliphatic carbocycles. The van der Waals surface area contributed by atoms with Crippen LogP contribution in [0.25, 0.3) is 10.9 Å². The second-order valence-corrected chi connectivity index (χ2v) is 6.27. The van der Waals surface area contributed by atoms with Gasteiger partial charge in [-0.3, -0.25) is 4.79 Å². The van der Waals surface area contributed by atoms with E-state index in [4.69, 9.17) is 9.47 Å². The van der Waals surface area contributed by atoms with Crippen molar-refractivity contribution in [3.8, 4) is 5.75 Å². The van der Waals surface area contributed by atoms with Gasteiger partial charge >= 0.3 is 0 Å². The fourth-order valence-corrected chi connectivity index (χ4v) is 3.81. The van der Waals surface area contributed by atoms with E-state index in [1.165, 1.54) is 0 Å². The summed E-state index contributed by atoms with van der Waals surface area (Å²) in [6.45, 7) is 3.92. The Labute approximate surface area is 135 Å². The fourth-order valence-electron chi connectivity index (χ4n) is 3.81. The molecule has 0 bridgehead atoms. The lowest BCUT2D eigenvalue weighted by Gasteiger charge is -2.37. The highest BCUT2D eigenvalue weighted by molar-refractivity contribution is 5.98. The zero-order valence-electron chi connectivity index (χ0n) is 13.4. The van der Waals surface area contributed by atoms with Gasteiger partial charge in [-0.25, -0.2) is 0 Å². The number of carbonyl (C=O) groups excluding carboxylic acids is 1. The highest BCUT2D eigenvalue weighted by Gasteiger charge is 2.38. The Balaban J connectivity index is 1.61. The molecule has 1 saturated heterocycles. The number of nitrogens with one attached hydrogen (secondary N) is 1. The van der Waals surface area contributed by atoms with Crippen LogP contribution in [0.2, 0.25) is 0 Å². The smallest absolute Gasteiger partial charge is 0.270 e. The van der Waals surface area contributed by atoms with Crippen LogP contribution in [-0.2, 0) is 4.74 Å². The molecule has 4 rings (SSSR count). The first kappa shape index (κ1) is 14.6. The molecule has 1 aromatic carbocycles. The van der Waals surface area contributed by atoms with Crippen LogP contribution < -0.4 is 4.74 Å². The number of fused-ring (bicyclic) bond motifs is 2. The van der Waals surface area contributed by atoms with Crippen molar-refractivity contribution in [2.75, 3.05) is 19.8 Å². The molecule has 1 amide bonds. The normalized spacial score (nSPS) is 24.0. The minimum Gasteiger partial charge on any atom is -0.494 e. The van der Waals surface area contributed by atoms with Crippen molar-refractivity contribution in [3.63, 3.8) is 0 Å². The SMILES string of the molecule is CCOc1ccc2cc(C(=O)N3CCOC4CCCC43)[nH]c2c1. The van der Waals surface area contributed by atoms with Gasteiger partial charge < -0.3 is 19.4 Å². The number of hydrogen-bond donors (Lipinski definition) is 1. The molecule has 1 aromatic heterocycles. The molecule has 1 N–H and O–H groups in total. The number of aromatic nitrogens is 1. The Bertz CT molecular complexity index is 724. The predicted molar refractivity (Wildman–Crippen MR) is 87.9 cm³/mol. The van der Waals surface area contributed by atoms with Crippen LogP contribution in [0.1, 0.15) is 36.7 Å². The topological polar surface area (TPSA) is 54.6 Å². The van der Waals surface area contributed by atoms with Gasteiger partial charge in [-0.1, -0.05) is 0 Å². The average Bonchev–Trinajstić information content (AvgIpc) is 3.20. The number of H-pyrrole nitrogens is 1. The largest absolute Gasteiger partial charge is 0.494 e. The molecule has 2 unspecified atom stereocenters. The lowest BCUT2D eigenvalue weighted by atomic mass is 10.1. The zero-order chi connectivity index (χ0) is 15.8. The van der Waals surface area contributed by atoms with Crippen molar-refractivity contribution < 1.29 is 14.3 Å². The molecule has 2 fully saturated rings. The van der Waals surface area contributed by atoms with E-state index in [9.17, 15) is 4.79 Å². The summed E-state index contributed by atoms with van der Waals surface area (Å²) in [5.74, 6) is 0.905. The summed E-state index contributed by atoms with van der Waals surface area (Å²) in [6, 6.07) is 8.06. The lowest BCUT2D eigenvalue weighted by molar-refractivity contribution is -0.0446. The second kappa shape index (κ2) is 5.89. The van der Waals surface area contributed by atoms with Gasteiger partial charge in [-0.05, 0) is 44.4 Å². The monoisotopic (exact) mass is 314 g/mol. The molecule has 2 aromatic rings. The molecule has 2 heterocycles. The average molecular weight is 314 g/mol. The van der Waals surface area contributed by atoms with E-state index in [-0.39, 0.29) is 18.1 Å². The maximum atomic E-state index is 12.9. The van der Waals surface area contributed by atoms with Crippen molar-refractivity contribution in [2.24, 2.45) is 0 Å². The van der Waals surface area contributed by atoms with E-state index in [1.807, 2.05) is 36.1 Å². The van der Waals surface area contributed by atoms with Gasteiger partial charge in [0.15, 0.2) is 0 Å². The standard InChI is InChI=1S/C18H22N2O3/c1-2-22-13-7-6-12-10-15(19-14(12)11-13)18(21)20-8-9-23-17-5-3-4-16(17)20/h6-7,10-11,16-17,19H,2-5,8-9H2,1H3. The molecule has 2 aliphatic rings. The van der Waals surface area contributed by atoms with Crippen LogP contribution >= 0.6 is 0 Å². The third kappa shape index (κ3) is 2.59. The van der Waals surface area contributed by atoms with Crippen molar-refractivity contribution in [2.45, 2.75) is 38.3 Å². The first-order valence-corrected chi connectivity index (χ1v) is 8.44. The van der Waals surface area contributed by atoms with E-state index in [2.05, 4.69) is 4.98 Å². The predicted octanol–water partition coefficient (Wildman–Crippen LogP) is 2.96. The van der Waals surface area contributed by atoms with Gasteiger partial charge in [0.25, 0.3) is 5.91 Å². The Morgan fingerprint density at radius 3 is 3.17 bits per heavy atom. The van der Waals surface area contributed by atoms with Crippen molar-refractivity contribution >= 4 is 16.8 Å². The van der Waals surface area contributed by atoms with Crippen LogP contribution in [0.4, 0.5) is 0 Å². The van der Waals surface area contributed by atoms with Crippen molar-refractivity contribution in [1.29, 1.82) is 0 Å². The Morgan fingerprint density at radius 1 is 1.39 bits per heavy atom. The zero-order valence-corrected chi connectivity index (χ0v) is 13.4. The van der Waals surface area contributed by atoms with E-state index in [0.717, 1.165) is 35.9 Å². The van der Waals surface area contributed by atoms with E-state index in [0.29, 0.717) is 25.5 Å². The summed E-state index contributed by atoms with van der Waals surface area (Å²) >= 11 is 0. The van der Waals surface area contributed by atoms with E-state index in [1.54, 1.807) is 0 Å². The summed E-state index contributed by atoms with van der Waals surface area (Å²) < 4.78 is 11.3. The van der Waals surface area contributed by atoms with Crippen molar-refractivity contribution in [1.82, 2.24) is 9.88 Å². The van der Waals surface area contributed by atoms with Crippen LogP contribution in [0.15, 0.2) is 24.3 Å². The molecule has 122 valence electrons. The molecule has 5 heteroatoms. The van der Waals surface area contributed by atoms with Gasteiger partial charge in [0.05, 0.1) is 25.4 Å². The van der Waals surface area contributed by atoms with Gasteiger partial charge in [0.2, 0.25) is 0 Å². The highest BCUT2D eigenvalue weighted by atomic mass is 16.5. The molecular weight excluding hydrogens is 292 g/mol. The fraction of sp³-hybridized carbons (Fsp3) is 0.500. The van der Waals surface area contributed by atoms with E-state index >= 15 is 0 Å².